The number of carboxylic acid groups (broad SMARTS) is 6. The van der Waals surface area contributed by atoms with Crippen molar-refractivity contribution < 1.29 is 73.7 Å². The zero-order chi connectivity index (χ0) is 58.6. The van der Waals surface area contributed by atoms with Crippen molar-refractivity contribution in [3.05, 3.63) is 133 Å². The number of nitrogens with two attached hydrogens (primary N) is 1. The van der Waals surface area contributed by atoms with Gasteiger partial charge in [0.1, 0.15) is 23.6 Å². The normalized spacial score (nSPS) is 14.6. The maximum absolute atomic E-state index is 12.9. The molecule has 422 valence electrons. The molecule has 0 saturated carbocycles. The maximum Gasteiger partial charge on any atom is 0.328 e. The number of carboxylic acids is 6. The number of fused-ring (bicyclic) bond motifs is 1. The van der Waals surface area contributed by atoms with Gasteiger partial charge in [-0.05, 0) is 92.5 Å². The molecule has 2 aliphatic rings. The summed E-state index contributed by atoms with van der Waals surface area (Å²) in [5, 5.41) is 55.5. The topological polar surface area (TPSA) is 355 Å². The molecule has 5 aromatic rings. The van der Waals surface area contributed by atoms with E-state index >= 15 is 0 Å². The summed E-state index contributed by atoms with van der Waals surface area (Å²) in [5.74, 6) is -6.33. The van der Waals surface area contributed by atoms with Gasteiger partial charge in [-0.15, -0.1) is 0 Å². The number of nitrogen functional groups attached to an aromatic ring is 1. The van der Waals surface area contributed by atoms with Crippen LogP contribution in [-0.2, 0) is 38.4 Å². The third kappa shape index (κ3) is 23.5. The Morgan fingerprint density at radius 2 is 1.10 bits per heavy atom. The molecule has 2 fully saturated rings. The Bertz CT molecular complexity index is 2810. The quantitative estimate of drug-likeness (QED) is 0.0342. The second-order valence-electron chi connectivity index (χ2n) is 17.9. The minimum absolute atomic E-state index is 0.0682. The number of ether oxygens (including phenoxy) is 1. The van der Waals surface area contributed by atoms with Gasteiger partial charge < -0.3 is 56.2 Å². The molecule has 79 heavy (non-hydrogen) atoms. The summed E-state index contributed by atoms with van der Waals surface area (Å²) >= 11 is 5.28. The van der Waals surface area contributed by atoms with Crippen LogP contribution in [0.3, 0.4) is 0 Å². The highest BCUT2D eigenvalue weighted by molar-refractivity contribution is 6.63. The van der Waals surface area contributed by atoms with E-state index in [1.165, 1.54) is 32.3 Å². The van der Waals surface area contributed by atoms with Crippen LogP contribution in [0.15, 0.2) is 122 Å². The molecule has 0 radical (unpaired) electrons. The summed E-state index contributed by atoms with van der Waals surface area (Å²) in [6, 6.07) is 26.6. The van der Waals surface area contributed by atoms with Crippen LogP contribution >= 0.6 is 11.6 Å². The van der Waals surface area contributed by atoms with Crippen LogP contribution in [0.1, 0.15) is 81.4 Å². The number of aromatic nitrogens is 4. The van der Waals surface area contributed by atoms with Gasteiger partial charge >= 0.3 is 35.8 Å². The first-order chi connectivity index (χ1) is 37.5. The molecule has 9 N–H and O–H groups in total. The van der Waals surface area contributed by atoms with Crippen molar-refractivity contribution in [2.45, 2.75) is 76.3 Å². The first-order valence-corrected chi connectivity index (χ1v) is 25.0. The number of hydrogen-bond donors (Lipinski definition) is 8. The minimum atomic E-state index is -1.26. The van der Waals surface area contributed by atoms with E-state index in [9.17, 15) is 38.4 Å². The number of hydrogen-bond acceptors (Lipinski definition) is 15. The molecule has 0 unspecified atom stereocenters. The zero-order valence-electron chi connectivity index (χ0n) is 43.9. The first-order valence-electron chi connectivity index (χ1n) is 24.6. The summed E-state index contributed by atoms with van der Waals surface area (Å²) in [6.45, 7) is 8.51. The number of anilines is 2. The molecule has 2 aromatic heterocycles. The standard InChI is InChI=1S/C33H42N8O2.C10H11ClO.3C4H4O4/c1-22(23-7-5-4-6-8-23)19-29(42)37-27-10-9-24(20-28(27)43-3)31-30-32(34)35-21-36-33(30)41(38-31)26-13-17-40(18-14-26)25-11-15-39(2)16-12-25;1-8(7-10(11)12)9-5-3-2-4-6-9;3*5-3(6)1-2-4(7)8/h4-10,20-22,25-26H,11-19H2,1-3H3,(H,37,42)(H2,34,35,36);2-6,8H,7H2,1H3;3*1-2H,(H,5,6)(H,7,8)/b;;3*2-1-/t22-;8-;;;/m11.../s1. The Morgan fingerprint density at radius 1 is 0.658 bits per heavy atom. The van der Waals surface area contributed by atoms with Gasteiger partial charge in [0.25, 0.3) is 0 Å². The predicted molar refractivity (Wildman–Crippen MR) is 294 cm³/mol. The van der Waals surface area contributed by atoms with Gasteiger partial charge in [0, 0.05) is 74.0 Å². The Morgan fingerprint density at radius 3 is 1.53 bits per heavy atom. The Hall–Kier alpha value is -8.80. The number of nitrogens with zero attached hydrogens (tertiary/aromatic N) is 6. The van der Waals surface area contributed by atoms with E-state index in [1.54, 1.807) is 7.11 Å². The van der Waals surface area contributed by atoms with E-state index in [2.05, 4.69) is 43.7 Å². The second-order valence-corrected chi connectivity index (χ2v) is 18.4. The molecule has 23 nitrogen and oxygen atoms in total. The van der Waals surface area contributed by atoms with Gasteiger partial charge in [-0.2, -0.15) is 5.10 Å². The third-order valence-electron chi connectivity index (χ3n) is 12.1. The van der Waals surface area contributed by atoms with Crippen molar-refractivity contribution in [2.24, 2.45) is 0 Å². The summed E-state index contributed by atoms with van der Waals surface area (Å²) in [6.07, 6.45) is 10.2. The number of amides is 1. The first kappa shape index (κ1) is 64.5. The fraction of sp³-hybridized carbons (Fsp3) is 0.327. The highest BCUT2D eigenvalue weighted by Crippen LogP contribution is 2.38. The number of piperidine rings is 2. The van der Waals surface area contributed by atoms with Crippen molar-refractivity contribution in [1.29, 1.82) is 0 Å². The Balaban J connectivity index is 0.000000366. The van der Waals surface area contributed by atoms with E-state index in [1.807, 2.05) is 85.8 Å². The summed E-state index contributed by atoms with van der Waals surface area (Å²) in [7, 11) is 3.82. The third-order valence-corrected chi connectivity index (χ3v) is 12.3. The van der Waals surface area contributed by atoms with Crippen LogP contribution in [0.25, 0.3) is 22.3 Å². The van der Waals surface area contributed by atoms with E-state index in [4.69, 9.17) is 57.8 Å². The summed E-state index contributed by atoms with van der Waals surface area (Å²) < 4.78 is 7.78. The van der Waals surface area contributed by atoms with Crippen LogP contribution in [0.2, 0.25) is 0 Å². The number of carbonyl (C=O) groups excluding carboxylic acids is 2. The fourth-order valence-corrected chi connectivity index (χ4v) is 8.43. The van der Waals surface area contributed by atoms with Gasteiger partial charge in [0.2, 0.25) is 11.1 Å². The molecule has 0 bridgehead atoms. The number of halogens is 1. The van der Waals surface area contributed by atoms with E-state index < -0.39 is 35.8 Å². The average Bonchev–Trinajstić information content (AvgIpc) is 4.02. The lowest BCUT2D eigenvalue weighted by Gasteiger charge is -2.41. The second kappa shape index (κ2) is 33.4. The fourth-order valence-electron chi connectivity index (χ4n) is 8.20. The number of nitrogens with one attached hydrogen (secondary N) is 1. The SMILES string of the molecule is COc1cc(-c2nn(C3CCN(C4CCN(C)CC4)CC3)c3ncnc(N)c23)ccc1NC(=O)C[C@@H](C)c1ccccc1.C[C@H](CC(=O)Cl)c1ccccc1.O=C(O)/C=C\C(=O)O.O=C(O)/C=C\C(=O)O.O=C(O)/C=C\C(=O)O. The number of aliphatic carboxylic acids is 6. The van der Waals surface area contributed by atoms with Crippen molar-refractivity contribution in [3.63, 3.8) is 0 Å². The minimum Gasteiger partial charge on any atom is -0.495 e. The maximum atomic E-state index is 12.9. The number of likely N-dealkylation sites (tertiary alicyclic amines) is 2. The zero-order valence-corrected chi connectivity index (χ0v) is 44.7. The molecule has 2 atom stereocenters. The lowest BCUT2D eigenvalue weighted by Crippen LogP contribution is -2.47. The molecule has 0 aliphatic carbocycles. The van der Waals surface area contributed by atoms with Gasteiger partial charge in [-0.1, -0.05) is 80.6 Å². The smallest absolute Gasteiger partial charge is 0.328 e. The Labute approximate surface area is 460 Å². The molecule has 4 heterocycles. The highest BCUT2D eigenvalue weighted by atomic mass is 35.5. The van der Waals surface area contributed by atoms with Crippen LogP contribution in [-0.4, -0.2) is 154 Å². The molecule has 2 saturated heterocycles. The Kier molecular flexibility index (Phi) is 27.2. The van der Waals surface area contributed by atoms with E-state index in [0.29, 0.717) is 72.6 Å². The molecule has 1 amide bonds. The summed E-state index contributed by atoms with van der Waals surface area (Å²) in [5.41, 5.74) is 11.6. The van der Waals surface area contributed by atoms with Gasteiger partial charge in [0.15, 0.2) is 5.65 Å². The average molecular weight is 1110 g/mol. The molecule has 0 spiro atoms. The lowest BCUT2D eigenvalue weighted by atomic mass is 9.97. The van der Waals surface area contributed by atoms with Crippen molar-refractivity contribution in [3.8, 4) is 17.0 Å². The van der Waals surface area contributed by atoms with E-state index in [-0.39, 0.29) is 29.0 Å². The number of benzene rings is 3. The van der Waals surface area contributed by atoms with Crippen LogP contribution in [0.4, 0.5) is 11.5 Å². The van der Waals surface area contributed by atoms with Crippen molar-refractivity contribution in [1.82, 2.24) is 29.5 Å². The molecular formula is C55H65ClN8O15. The van der Waals surface area contributed by atoms with Gasteiger partial charge in [-0.25, -0.2) is 43.4 Å². The highest BCUT2D eigenvalue weighted by Gasteiger charge is 2.30. The van der Waals surface area contributed by atoms with Crippen molar-refractivity contribution in [2.75, 3.05) is 51.4 Å². The number of rotatable bonds is 17. The van der Waals surface area contributed by atoms with Gasteiger partial charge in [0.05, 0.1) is 24.2 Å². The summed E-state index contributed by atoms with van der Waals surface area (Å²) in [4.78, 5) is 94.9. The molecule has 3 aromatic carbocycles. The predicted octanol–water partition coefficient (Wildman–Crippen LogP) is 7.03. The van der Waals surface area contributed by atoms with Crippen molar-refractivity contribution >= 4 is 81.1 Å². The largest absolute Gasteiger partial charge is 0.495 e. The van der Waals surface area contributed by atoms with Crippen LogP contribution in [0.5, 0.6) is 5.75 Å². The molecular weight excluding hydrogens is 1050 g/mol. The monoisotopic (exact) mass is 1110 g/mol. The van der Waals surface area contributed by atoms with Gasteiger partial charge in [-0.3, -0.25) is 9.59 Å². The number of carbonyl (C=O) groups is 8. The molecule has 24 heteroatoms. The molecule has 7 rings (SSSR count). The lowest BCUT2D eigenvalue weighted by molar-refractivity contribution is -0.134. The van der Waals surface area contributed by atoms with E-state index in [0.717, 1.165) is 59.3 Å². The van der Waals surface area contributed by atoms with Crippen LogP contribution < -0.4 is 15.8 Å². The molecule has 2 aliphatic heterocycles. The van der Waals surface area contributed by atoms with Crippen LogP contribution in [0, 0.1) is 0 Å². The number of methoxy groups -OCH3 is 1.